The maximum Gasteiger partial charge on any atom is 0.188 e. The highest BCUT2D eigenvalue weighted by molar-refractivity contribution is 7.99. The minimum atomic E-state index is 0.183. The van der Waals surface area contributed by atoms with Crippen molar-refractivity contribution in [1.29, 1.82) is 0 Å². The molecule has 0 bridgehead atoms. The van der Waals surface area contributed by atoms with Crippen LogP contribution in [0.4, 0.5) is 0 Å². The van der Waals surface area contributed by atoms with Crippen LogP contribution in [0, 0.1) is 0 Å². The van der Waals surface area contributed by atoms with Gasteiger partial charge in [-0.25, -0.2) is 0 Å². The van der Waals surface area contributed by atoms with Crippen LogP contribution in [0.3, 0.4) is 0 Å². The Kier molecular flexibility index (Phi) is 4.57. The van der Waals surface area contributed by atoms with Crippen LogP contribution >= 0.6 is 11.8 Å². The van der Waals surface area contributed by atoms with Gasteiger partial charge in [-0.15, -0.1) is 10.2 Å². The molecule has 19 heavy (non-hydrogen) atoms. The molecule has 0 saturated carbocycles. The molecule has 0 saturated heterocycles. The van der Waals surface area contributed by atoms with E-state index in [1.165, 1.54) is 11.8 Å². The summed E-state index contributed by atoms with van der Waals surface area (Å²) in [6.07, 6.45) is 0.545. The highest BCUT2D eigenvalue weighted by atomic mass is 32.2. The van der Waals surface area contributed by atoms with Gasteiger partial charge < -0.3 is 9.72 Å². The number of hydrogen-bond donors (Lipinski definition) is 1. The number of Topliss-reactive ketones (excluding diaryl/α,β-unsaturated/α-hetero) is 1. The van der Waals surface area contributed by atoms with Crippen molar-refractivity contribution in [2.75, 3.05) is 12.9 Å². The van der Waals surface area contributed by atoms with Crippen molar-refractivity contribution >= 4 is 17.5 Å². The summed E-state index contributed by atoms with van der Waals surface area (Å²) in [6, 6.07) is 7.59. The van der Waals surface area contributed by atoms with Crippen molar-refractivity contribution in [1.82, 2.24) is 15.2 Å². The zero-order chi connectivity index (χ0) is 13.7. The average molecular weight is 277 g/mol. The standard InChI is InChI=1S/C13H15N3O2S/c1-9(17)7-8-19-13-14-12(15-16-13)10-3-5-11(18-2)6-4-10/h3-6H,7-8H2,1-2H3,(H,14,15,16). The van der Waals surface area contributed by atoms with E-state index in [0.29, 0.717) is 18.0 Å². The molecule has 100 valence electrons. The molecule has 0 unspecified atom stereocenters. The molecule has 0 atom stereocenters. The smallest absolute Gasteiger partial charge is 0.188 e. The Hall–Kier alpha value is -1.82. The van der Waals surface area contributed by atoms with E-state index >= 15 is 0 Å². The summed E-state index contributed by atoms with van der Waals surface area (Å²) in [5, 5.41) is 8.86. The third-order valence-corrected chi connectivity index (χ3v) is 3.39. The minimum absolute atomic E-state index is 0.183. The average Bonchev–Trinajstić information content (AvgIpc) is 2.87. The molecule has 1 aromatic heterocycles. The summed E-state index contributed by atoms with van der Waals surface area (Å²) < 4.78 is 5.10. The van der Waals surface area contributed by atoms with Crippen molar-refractivity contribution in [3.05, 3.63) is 24.3 Å². The molecule has 0 spiro atoms. The number of nitrogens with zero attached hydrogens (tertiary/aromatic N) is 2. The quantitative estimate of drug-likeness (QED) is 0.822. The first-order chi connectivity index (χ1) is 9.19. The first kappa shape index (κ1) is 13.6. The number of aromatic amines is 1. The fourth-order valence-corrected chi connectivity index (χ4v) is 2.33. The third-order valence-electron chi connectivity index (χ3n) is 2.52. The van der Waals surface area contributed by atoms with Crippen molar-refractivity contribution in [2.24, 2.45) is 0 Å². The number of carbonyl (C=O) groups excluding carboxylic acids is 1. The lowest BCUT2D eigenvalue weighted by Crippen LogP contribution is -1.91. The van der Waals surface area contributed by atoms with E-state index in [2.05, 4.69) is 15.2 Å². The lowest BCUT2D eigenvalue weighted by atomic mass is 10.2. The van der Waals surface area contributed by atoms with E-state index in [9.17, 15) is 4.79 Å². The monoisotopic (exact) mass is 277 g/mol. The van der Waals surface area contributed by atoms with Crippen LogP contribution in [0.1, 0.15) is 13.3 Å². The van der Waals surface area contributed by atoms with Crippen LogP contribution < -0.4 is 4.74 Å². The summed E-state index contributed by atoms with van der Waals surface area (Å²) in [5.74, 6) is 2.42. The molecule has 6 heteroatoms. The summed E-state index contributed by atoms with van der Waals surface area (Å²) in [5.41, 5.74) is 0.951. The fourth-order valence-electron chi connectivity index (χ4n) is 1.48. The molecule has 2 rings (SSSR count). The Morgan fingerprint density at radius 3 is 2.68 bits per heavy atom. The number of rotatable bonds is 6. The van der Waals surface area contributed by atoms with Gasteiger partial charge in [-0.05, 0) is 31.2 Å². The van der Waals surface area contributed by atoms with Crippen LogP contribution in [0.5, 0.6) is 5.75 Å². The van der Waals surface area contributed by atoms with Gasteiger partial charge in [0.2, 0.25) is 0 Å². The number of benzene rings is 1. The molecular formula is C13H15N3O2S. The highest BCUT2D eigenvalue weighted by Gasteiger charge is 2.06. The van der Waals surface area contributed by atoms with Crippen LogP contribution in [0.2, 0.25) is 0 Å². The van der Waals surface area contributed by atoms with Crippen molar-refractivity contribution in [2.45, 2.75) is 18.5 Å². The largest absolute Gasteiger partial charge is 0.497 e. The number of aromatic nitrogens is 3. The molecule has 0 aliphatic heterocycles. The van der Waals surface area contributed by atoms with E-state index in [0.717, 1.165) is 16.5 Å². The second-order valence-corrected chi connectivity index (χ2v) is 5.09. The van der Waals surface area contributed by atoms with Gasteiger partial charge in [0, 0.05) is 17.7 Å². The van der Waals surface area contributed by atoms with Gasteiger partial charge in [0.1, 0.15) is 11.5 Å². The molecule has 0 fully saturated rings. The van der Waals surface area contributed by atoms with E-state index in [1.54, 1.807) is 14.0 Å². The summed E-state index contributed by atoms with van der Waals surface area (Å²) in [4.78, 5) is 14.0. The zero-order valence-electron chi connectivity index (χ0n) is 10.8. The minimum Gasteiger partial charge on any atom is -0.497 e. The van der Waals surface area contributed by atoms with E-state index < -0.39 is 0 Å². The number of ether oxygens (including phenoxy) is 1. The number of ketones is 1. The number of hydrogen-bond acceptors (Lipinski definition) is 5. The number of methoxy groups -OCH3 is 1. The van der Waals surface area contributed by atoms with Gasteiger partial charge in [0.05, 0.1) is 7.11 Å². The Labute approximate surface area is 115 Å². The number of thioether (sulfide) groups is 1. The van der Waals surface area contributed by atoms with Crippen LogP contribution in [0.25, 0.3) is 11.4 Å². The highest BCUT2D eigenvalue weighted by Crippen LogP contribution is 2.21. The molecule has 0 radical (unpaired) electrons. The second-order valence-electron chi connectivity index (χ2n) is 4.01. The van der Waals surface area contributed by atoms with Crippen LogP contribution in [-0.2, 0) is 4.79 Å². The molecule has 0 aliphatic rings. The number of carbonyl (C=O) groups is 1. The Bertz CT molecular complexity index is 551. The lowest BCUT2D eigenvalue weighted by molar-refractivity contribution is -0.116. The van der Waals surface area contributed by atoms with E-state index in [1.807, 2.05) is 24.3 Å². The van der Waals surface area contributed by atoms with Crippen LogP contribution in [-0.4, -0.2) is 33.8 Å². The lowest BCUT2D eigenvalue weighted by Gasteiger charge is -1.99. The molecule has 2 aromatic rings. The molecule has 1 aromatic carbocycles. The summed E-state index contributed by atoms with van der Waals surface area (Å²) in [6.45, 7) is 1.59. The van der Waals surface area contributed by atoms with Gasteiger partial charge in [-0.1, -0.05) is 11.8 Å². The Balaban J connectivity index is 2.01. The van der Waals surface area contributed by atoms with Gasteiger partial charge in [-0.3, -0.25) is 4.79 Å². The van der Waals surface area contributed by atoms with E-state index in [4.69, 9.17) is 4.74 Å². The predicted octanol–water partition coefficient (Wildman–Crippen LogP) is 2.55. The number of H-pyrrole nitrogens is 1. The topological polar surface area (TPSA) is 67.9 Å². The molecule has 1 heterocycles. The first-order valence-electron chi connectivity index (χ1n) is 5.88. The molecule has 1 N–H and O–H groups in total. The fraction of sp³-hybridized carbons (Fsp3) is 0.308. The van der Waals surface area contributed by atoms with Crippen molar-refractivity contribution in [3.63, 3.8) is 0 Å². The zero-order valence-corrected chi connectivity index (χ0v) is 11.7. The van der Waals surface area contributed by atoms with Gasteiger partial charge in [-0.2, -0.15) is 0 Å². The van der Waals surface area contributed by atoms with E-state index in [-0.39, 0.29) is 5.78 Å². The molecule has 5 nitrogen and oxygen atoms in total. The summed E-state index contributed by atoms with van der Waals surface area (Å²) >= 11 is 1.50. The van der Waals surface area contributed by atoms with Crippen molar-refractivity contribution in [3.8, 4) is 17.1 Å². The third kappa shape index (κ3) is 3.82. The first-order valence-corrected chi connectivity index (χ1v) is 6.87. The summed E-state index contributed by atoms with van der Waals surface area (Å²) in [7, 11) is 1.63. The second kappa shape index (κ2) is 6.38. The Morgan fingerprint density at radius 1 is 1.32 bits per heavy atom. The number of nitrogens with one attached hydrogen (secondary N) is 1. The van der Waals surface area contributed by atoms with Gasteiger partial charge in [0.25, 0.3) is 0 Å². The predicted molar refractivity (Wildman–Crippen MR) is 74.4 cm³/mol. The van der Waals surface area contributed by atoms with Crippen LogP contribution in [0.15, 0.2) is 29.4 Å². The molecule has 0 amide bonds. The Morgan fingerprint density at radius 2 is 2.05 bits per heavy atom. The van der Waals surface area contributed by atoms with Crippen molar-refractivity contribution < 1.29 is 9.53 Å². The van der Waals surface area contributed by atoms with Gasteiger partial charge >= 0.3 is 0 Å². The molecule has 0 aliphatic carbocycles. The SMILES string of the molecule is COc1ccc(-c2nnc(SCCC(C)=O)[nH]2)cc1. The maximum absolute atomic E-state index is 10.8. The normalized spacial score (nSPS) is 10.4. The van der Waals surface area contributed by atoms with Gasteiger partial charge in [0.15, 0.2) is 11.0 Å². The molecular weight excluding hydrogens is 262 g/mol. The maximum atomic E-state index is 10.8.